The van der Waals surface area contributed by atoms with Gasteiger partial charge in [-0.05, 0) is 39.0 Å². The molecule has 12 heavy (non-hydrogen) atoms. The van der Waals surface area contributed by atoms with Crippen molar-refractivity contribution in [3.63, 3.8) is 0 Å². The van der Waals surface area contributed by atoms with Crippen molar-refractivity contribution in [3.05, 3.63) is 20.8 Å². The lowest BCUT2D eigenvalue weighted by molar-refractivity contribution is 0.750. The van der Waals surface area contributed by atoms with Gasteiger partial charge in [0.1, 0.15) is 0 Å². The van der Waals surface area contributed by atoms with Crippen LogP contribution in [-0.4, -0.2) is 5.75 Å². The molecule has 0 N–H and O–H groups in total. The van der Waals surface area contributed by atoms with Gasteiger partial charge in [-0.15, -0.1) is 11.3 Å². The van der Waals surface area contributed by atoms with E-state index >= 15 is 0 Å². The van der Waals surface area contributed by atoms with Crippen LogP contribution in [-0.2, 0) is 5.75 Å². The molecule has 0 aliphatic heterocycles. The third-order valence-corrected chi connectivity index (χ3v) is 4.88. The molecular weight excluding hydrogens is 252 g/mol. The molecule has 0 unspecified atom stereocenters. The Balaban J connectivity index is 2.29. The zero-order valence-corrected chi connectivity index (χ0v) is 10.6. The number of rotatable bonds is 4. The van der Waals surface area contributed by atoms with E-state index in [1.54, 1.807) is 0 Å². The van der Waals surface area contributed by atoms with E-state index in [0.717, 1.165) is 11.7 Å². The van der Waals surface area contributed by atoms with E-state index in [0.29, 0.717) is 0 Å². The number of hydrogen-bond acceptors (Lipinski definition) is 2. The third kappa shape index (κ3) is 3.50. The minimum absolute atomic E-state index is 0.800. The summed E-state index contributed by atoms with van der Waals surface area (Å²) in [4.78, 5) is 1.46. The summed E-state index contributed by atoms with van der Waals surface area (Å²) in [6.07, 6.45) is 0. The van der Waals surface area contributed by atoms with Gasteiger partial charge in [0.2, 0.25) is 0 Å². The molecule has 1 aromatic rings. The molecule has 0 bridgehead atoms. The van der Waals surface area contributed by atoms with Gasteiger partial charge in [-0.3, -0.25) is 0 Å². The first-order chi connectivity index (χ1) is 5.70. The first-order valence-electron chi connectivity index (χ1n) is 3.99. The van der Waals surface area contributed by atoms with Crippen molar-refractivity contribution < 1.29 is 0 Å². The molecule has 0 aromatic carbocycles. The highest BCUT2D eigenvalue weighted by atomic mass is 79.9. The molecule has 0 radical (unpaired) electrons. The summed E-state index contributed by atoms with van der Waals surface area (Å²) >= 11 is 7.38. The molecule has 0 aliphatic rings. The van der Waals surface area contributed by atoms with Crippen LogP contribution in [0.5, 0.6) is 0 Å². The summed E-state index contributed by atoms with van der Waals surface area (Å²) in [5.74, 6) is 3.20. The minimum Gasteiger partial charge on any atom is -0.156 e. The Bertz CT molecular complexity index is 230. The first kappa shape index (κ1) is 10.6. The highest BCUT2D eigenvalue weighted by molar-refractivity contribution is 9.10. The summed E-state index contributed by atoms with van der Waals surface area (Å²) in [5, 5.41) is 2.13. The highest BCUT2D eigenvalue weighted by Crippen LogP contribution is 2.27. The topological polar surface area (TPSA) is 0 Å². The van der Waals surface area contributed by atoms with Gasteiger partial charge in [-0.25, -0.2) is 0 Å². The fraction of sp³-hybridized carbons (Fsp3) is 0.556. The largest absolute Gasteiger partial charge is 0.156 e. The lowest BCUT2D eigenvalue weighted by Crippen LogP contribution is -1.90. The molecule has 0 nitrogen and oxygen atoms in total. The Morgan fingerprint density at radius 2 is 2.33 bits per heavy atom. The maximum Gasteiger partial charge on any atom is 0.0322 e. The van der Waals surface area contributed by atoms with Crippen LogP contribution in [0.15, 0.2) is 15.9 Å². The molecule has 1 heterocycles. The molecule has 0 fully saturated rings. The van der Waals surface area contributed by atoms with E-state index in [4.69, 9.17) is 0 Å². The van der Waals surface area contributed by atoms with E-state index in [1.165, 1.54) is 15.1 Å². The number of thioether (sulfide) groups is 1. The fourth-order valence-corrected chi connectivity index (χ4v) is 3.73. The minimum atomic E-state index is 0.800. The summed E-state index contributed by atoms with van der Waals surface area (Å²) < 4.78 is 1.27. The standard InChI is InChI=1S/C9H13BrS2/c1-7(2)5-11-6-9-8(10)3-4-12-9/h3-4,7H,5-6H2,1-2H3. The molecule has 0 spiro atoms. The second-order valence-corrected chi connectivity index (χ2v) is 5.99. The van der Waals surface area contributed by atoms with Crippen molar-refractivity contribution in [2.45, 2.75) is 19.6 Å². The van der Waals surface area contributed by atoms with Gasteiger partial charge in [0, 0.05) is 15.1 Å². The quantitative estimate of drug-likeness (QED) is 0.777. The van der Waals surface area contributed by atoms with Crippen LogP contribution in [0, 0.1) is 5.92 Å². The molecule has 3 heteroatoms. The molecule has 0 saturated carbocycles. The highest BCUT2D eigenvalue weighted by Gasteiger charge is 2.01. The van der Waals surface area contributed by atoms with Gasteiger partial charge in [0.25, 0.3) is 0 Å². The Hall–Kier alpha value is 0.530. The van der Waals surface area contributed by atoms with Crippen LogP contribution < -0.4 is 0 Å². The molecule has 1 rings (SSSR count). The van der Waals surface area contributed by atoms with Crippen molar-refractivity contribution in [1.29, 1.82) is 0 Å². The van der Waals surface area contributed by atoms with Gasteiger partial charge in [-0.1, -0.05) is 13.8 Å². The van der Waals surface area contributed by atoms with Crippen molar-refractivity contribution in [2.75, 3.05) is 5.75 Å². The Labute approximate surface area is 90.9 Å². The molecule has 68 valence electrons. The van der Waals surface area contributed by atoms with Gasteiger partial charge in [0.15, 0.2) is 0 Å². The second kappa shape index (κ2) is 5.30. The normalized spacial score (nSPS) is 11.0. The Morgan fingerprint density at radius 3 is 2.83 bits per heavy atom. The molecular formula is C9H13BrS2. The summed E-state index contributed by atoms with van der Waals surface area (Å²) in [7, 11) is 0. The summed E-state index contributed by atoms with van der Waals surface area (Å²) in [5.41, 5.74) is 0. The average Bonchev–Trinajstić information content (AvgIpc) is 2.36. The maximum absolute atomic E-state index is 3.53. The zero-order chi connectivity index (χ0) is 8.97. The second-order valence-electron chi connectivity index (χ2n) is 3.10. The summed E-state index contributed by atoms with van der Waals surface area (Å²) in [6.45, 7) is 4.52. The van der Waals surface area contributed by atoms with Crippen molar-refractivity contribution >= 4 is 39.0 Å². The molecule has 0 aliphatic carbocycles. The molecule has 0 amide bonds. The molecule has 0 saturated heterocycles. The van der Waals surface area contributed by atoms with Gasteiger partial charge >= 0.3 is 0 Å². The predicted molar refractivity (Wildman–Crippen MR) is 63.0 cm³/mol. The number of halogens is 1. The monoisotopic (exact) mass is 264 g/mol. The molecule has 0 atom stereocenters. The Kier molecular flexibility index (Phi) is 4.69. The lowest BCUT2D eigenvalue weighted by Gasteiger charge is -2.02. The average molecular weight is 265 g/mol. The number of thiophene rings is 1. The van der Waals surface area contributed by atoms with Crippen molar-refractivity contribution in [2.24, 2.45) is 5.92 Å². The summed E-state index contributed by atoms with van der Waals surface area (Å²) in [6, 6.07) is 2.12. The van der Waals surface area contributed by atoms with E-state index in [1.807, 2.05) is 23.1 Å². The van der Waals surface area contributed by atoms with Crippen LogP contribution in [0.1, 0.15) is 18.7 Å². The smallest absolute Gasteiger partial charge is 0.0322 e. The fourth-order valence-electron chi connectivity index (χ4n) is 0.815. The van der Waals surface area contributed by atoms with E-state index in [-0.39, 0.29) is 0 Å². The lowest BCUT2D eigenvalue weighted by atomic mass is 10.3. The van der Waals surface area contributed by atoms with Crippen molar-refractivity contribution in [1.82, 2.24) is 0 Å². The Morgan fingerprint density at radius 1 is 1.58 bits per heavy atom. The van der Waals surface area contributed by atoms with Gasteiger partial charge in [0.05, 0.1) is 0 Å². The molecule has 1 aromatic heterocycles. The predicted octanol–water partition coefficient (Wildman–Crippen LogP) is 4.40. The van der Waals surface area contributed by atoms with E-state index in [9.17, 15) is 0 Å². The SMILES string of the molecule is CC(C)CSCc1sccc1Br. The van der Waals surface area contributed by atoms with E-state index < -0.39 is 0 Å². The zero-order valence-electron chi connectivity index (χ0n) is 7.34. The number of hydrogen-bond donors (Lipinski definition) is 0. The van der Waals surface area contributed by atoms with Crippen LogP contribution in [0.3, 0.4) is 0 Å². The third-order valence-electron chi connectivity index (χ3n) is 1.38. The van der Waals surface area contributed by atoms with Crippen LogP contribution in [0.25, 0.3) is 0 Å². The maximum atomic E-state index is 3.53. The van der Waals surface area contributed by atoms with Crippen LogP contribution >= 0.6 is 39.0 Å². The first-order valence-corrected chi connectivity index (χ1v) is 6.82. The van der Waals surface area contributed by atoms with Gasteiger partial charge < -0.3 is 0 Å². The van der Waals surface area contributed by atoms with Gasteiger partial charge in [-0.2, -0.15) is 11.8 Å². The van der Waals surface area contributed by atoms with Crippen LogP contribution in [0.4, 0.5) is 0 Å². The van der Waals surface area contributed by atoms with E-state index in [2.05, 4.69) is 41.2 Å². The van der Waals surface area contributed by atoms with Crippen LogP contribution in [0.2, 0.25) is 0 Å². The van der Waals surface area contributed by atoms with Crippen molar-refractivity contribution in [3.8, 4) is 0 Å².